The van der Waals surface area contributed by atoms with Crippen LogP contribution in [-0.2, 0) is 0 Å². The normalized spacial score (nSPS) is 15.4. The first-order valence-electron chi connectivity index (χ1n) is 13.1. The Balaban J connectivity index is 1.73. The van der Waals surface area contributed by atoms with Crippen molar-refractivity contribution in [2.75, 3.05) is 0 Å². The molecule has 1 aliphatic rings. The molecule has 0 spiro atoms. The molecule has 1 fully saturated rings. The smallest absolute Gasteiger partial charge is 0.0823 e. The SMILES string of the molecule is CC(C)c1c2ccccc2cc2c3nccc4ccc5c6c(C7CCCC7)cccc6n(c12)c5c43. The van der Waals surface area contributed by atoms with Crippen LogP contribution in [0.3, 0.4) is 0 Å². The highest BCUT2D eigenvalue weighted by Gasteiger charge is 2.26. The quantitative estimate of drug-likeness (QED) is 0.189. The zero-order chi connectivity index (χ0) is 23.3. The van der Waals surface area contributed by atoms with E-state index in [0.717, 1.165) is 5.52 Å². The van der Waals surface area contributed by atoms with Crippen LogP contribution in [0.2, 0.25) is 0 Å². The van der Waals surface area contributed by atoms with Gasteiger partial charge in [0.1, 0.15) is 0 Å². The van der Waals surface area contributed by atoms with Crippen LogP contribution in [0.1, 0.15) is 62.5 Å². The molecule has 0 saturated heterocycles. The van der Waals surface area contributed by atoms with Gasteiger partial charge in [0.15, 0.2) is 0 Å². The molecule has 35 heavy (non-hydrogen) atoms. The molecule has 0 aliphatic heterocycles. The van der Waals surface area contributed by atoms with E-state index in [1.165, 1.54) is 85.5 Å². The lowest BCUT2D eigenvalue weighted by molar-refractivity contribution is 0.730. The third kappa shape index (κ3) is 2.47. The second-order valence-electron chi connectivity index (χ2n) is 10.8. The van der Waals surface area contributed by atoms with E-state index in [1.807, 2.05) is 6.20 Å². The summed E-state index contributed by atoms with van der Waals surface area (Å²) in [6.07, 6.45) is 7.31. The van der Waals surface area contributed by atoms with E-state index >= 15 is 0 Å². The van der Waals surface area contributed by atoms with Crippen LogP contribution in [-0.4, -0.2) is 9.38 Å². The van der Waals surface area contributed by atoms with Crippen LogP contribution in [0.4, 0.5) is 0 Å². The molecule has 7 aromatic rings. The minimum atomic E-state index is 0.393. The van der Waals surface area contributed by atoms with E-state index in [1.54, 1.807) is 5.56 Å². The van der Waals surface area contributed by atoms with Gasteiger partial charge >= 0.3 is 0 Å². The average Bonchev–Trinajstić information content (AvgIpc) is 3.54. The first kappa shape index (κ1) is 19.6. The maximum absolute atomic E-state index is 5.03. The standard InChI is InChI=1S/C33H28N2/c1-19(2)28-24-11-6-5-10-22(24)18-26-31-29-21(16-17-34-31)14-15-25-30-23(20-8-3-4-9-20)12-7-13-27(30)35(32(25)29)33(26)28/h5-7,10-20H,3-4,8-9H2,1-2H3. The van der Waals surface area contributed by atoms with E-state index in [-0.39, 0.29) is 0 Å². The number of rotatable bonds is 2. The Morgan fingerprint density at radius 3 is 2.49 bits per heavy atom. The summed E-state index contributed by atoms with van der Waals surface area (Å²) in [4.78, 5) is 5.03. The predicted octanol–water partition coefficient (Wildman–Crippen LogP) is 9.32. The van der Waals surface area contributed by atoms with E-state index < -0.39 is 0 Å². The number of pyridine rings is 2. The van der Waals surface area contributed by atoms with Crippen molar-refractivity contribution in [3.8, 4) is 0 Å². The Morgan fingerprint density at radius 1 is 0.771 bits per heavy atom. The predicted molar refractivity (Wildman–Crippen MR) is 149 cm³/mol. The second kappa shape index (κ2) is 6.95. The first-order chi connectivity index (χ1) is 17.2. The summed E-state index contributed by atoms with van der Waals surface area (Å²) in [7, 11) is 0. The molecular weight excluding hydrogens is 424 g/mol. The number of nitrogens with zero attached hydrogens (tertiary/aromatic N) is 2. The zero-order valence-electron chi connectivity index (χ0n) is 20.3. The number of fused-ring (bicyclic) bond motifs is 7. The Bertz CT molecular complexity index is 1930. The van der Waals surface area contributed by atoms with Crippen LogP contribution in [0.5, 0.6) is 0 Å². The third-order valence-corrected chi connectivity index (χ3v) is 8.63. The van der Waals surface area contributed by atoms with Crippen LogP contribution in [0, 0.1) is 0 Å². The van der Waals surface area contributed by atoms with E-state index in [4.69, 9.17) is 4.98 Å². The summed E-state index contributed by atoms with van der Waals surface area (Å²) in [5, 5.41) is 9.35. The Morgan fingerprint density at radius 2 is 1.63 bits per heavy atom. The van der Waals surface area contributed by atoms with Gasteiger partial charge in [0.25, 0.3) is 0 Å². The molecule has 2 nitrogen and oxygen atoms in total. The van der Waals surface area contributed by atoms with Gasteiger partial charge in [0.2, 0.25) is 0 Å². The van der Waals surface area contributed by atoms with Crippen LogP contribution in [0.25, 0.3) is 59.8 Å². The van der Waals surface area contributed by atoms with E-state index in [0.29, 0.717) is 11.8 Å². The van der Waals surface area contributed by atoms with Gasteiger partial charge in [-0.25, -0.2) is 0 Å². The van der Waals surface area contributed by atoms with Gasteiger partial charge in [-0.3, -0.25) is 4.98 Å². The van der Waals surface area contributed by atoms with E-state index in [2.05, 4.69) is 85.0 Å². The average molecular weight is 453 g/mol. The highest BCUT2D eigenvalue weighted by Crippen LogP contribution is 2.47. The van der Waals surface area contributed by atoms with Crippen LogP contribution in [0.15, 0.2) is 72.9 Å². The molecule has 0 amide bonds. The van der Waals surface area contributed by atoms with Crippen molar-refractivity contribution in [3.05, 3.63) is 84.1 Å². The van der Waals surface area contributed by atoms with Crippen molar-refractivity contribution in [2.24, 2.45) is 0 Å². The van der Waals surface area contributed by atoms with Gasteiger partial charge in [-0.2, -0.15) is 0 Å². The highest BCUT2D eigenvalue weighted by molar-refractivity contribution is 6.29. The number of hydrogen-bond donors (Lipinski definition) is 0. The van der Waals surface area contributed by atoms with Crippen molar-refractivity contribution in [2.45, 2.75) is 51.4 Å². The maximum atomic E-state index is 5.03. The first-order valence-corrected chi connectivity index (χ1v) is 13.1. The molecule has 2 heteroatoms. The maximum Gasteiger partial charge on any atom is 0.0823 e. The van der Waals surface area contributed by atoms with Crippen molar-refractivity contribution in [1.82, 2.24) is 9.38 Å². The molecule has 8 rings (SSSR count). The summed E-state index contributed by atoms with van der Waals surface area (Å²) in [6, 6.07) is 25.2. The third-order valence-electron chi connectivity index (χ3n) is 8.63. The lowest BCUT2D eigenvalue weighted by Gasteiger charge is -2.19. The molecule has 0 atom stereocenters. The fourth-order valence-corrected chi connectivity index (χ4v) is 7.23. The van der Waals surface area contributed by atoms with Crippen molar-refractivity contribution in [1.29, 1.82) is 0 Å². The Labute approximate surface area is 204 Å². The molecule has 0 bridgehead atoms. The molecule has 170 valence electrons. The minimum absolute atomic E-state index is 0.393. The second-order valence-corrected chi connectivity index (χ2v) is 10.8. The number of benzene rings is 4. The van der Waals surface area contributed by atoms with E-state index in [9.17, 15) is 0 Å². The Kier molecular flexibility index (Phi) is 3.90. The molecule has 3 heterocycles. The number of aromatic nitrogens is 2. The number of hydrogen-bond acceptors (Lipinski definition) is 1. The molecule has 1 aliphatic carbocycles. The summed E-state index contributed by atoms with van der Waals surface area (Å²) in [5.41, 5.74) is 8.13. The van der Waals surface area contributed by atoms with Gasteiger partial charge < -0.3 is 4.40 Å². The Hall–Kier alpha value is -3.65. The van der Waals surface area contributed by atoms with Gasteiger partial charge in [-0.05, 0) is 70.2 Å². The minimum Gasteiger partial charge on any atom is -0.308 e. The lowest BCUT2D eigenvalue weighted by atomic mass is 9.91. The highest BCUT2D eigenvalue weighted by atomic mass is 14.9. The monoisotopic (exact) mass is 452 g/mol. The summed E-state index contributed by atoms with van der Waals surface area (Å²) in [5.74, 6) is 1.06. The molecular formula is C33H28N2. The van der Waals surface area contributed by atoms with Crippen molar-refractivity contribution >= 4 is 59.8 Å². The lowest BCUT2D eigenvalue weighted by Crippen LogP contribution is -2.01. The largest absolute Gasteiger partial charge is 0.308 e. The zero-order valence-corrected chi connectivity index (χ0v) is 20.3. The summed E-state index contributed by atoms with van der Waals surface area (Å²) in [6.45, 7) is 4.67. The molecule has 0 unspecified atom stereocenters. The molecule has 3 aromatic heterocycles. The molecule has 4 aromatic carbocycles. The fraction of sp³-hybridized carbons (Fsp3) is 0.242. The molecule has 1 saturated carbocycles. The van der Waals surface area contributed by atoms with Gasteiger partial charge in [-0.1, -0.05) is 75.2 Å². The van der Waals surface area contributed by atoms with Crippen LogP contribution >= 0.6 is 0 Å². The van der Waals surface area contributed by atoms with Crippen molar-refractivity contribution in [3.63, 3.8) is 0 Å². The molecule has 0 N–H and O–H groups in total. The van der Waals surface area contributed by atoms with Crippen molar-refractivity contribution < 1.29 is 0 Å². The fourth-order valence-electron chi connectivity index (χ4n) is 7.23. The van der Waals surface area contributed by atoms with Gasteiger partial charge in [0.05, 0.1) is 22.1 Å². The molecule has 0 radical (unpaired) electrons. The van der Waals surface area contributed by atoms with Gasteiger partial charge in [0, 0.05) is 27.7 Å². The topological polar surface area (TPSA) is 17.3 Å². The summed E-state index contributed by atoms with van der Waals surface area (Å²) < 4.78 is 2.61. The summed E-state index contributed by atoms with van der Waals surface area (Å²) >= 11 is 0. The van der Waals surface area contributed by atoms with Crippen LogP contribution < -0.4 is 0 Å². The van der Waals surface area contributed by atoms with Gasteiger partial charge in [-0.15, -0.1) is 0 Å².